The van der Waals surface area contributed by atoms with Gasteiger partial charge in [0.15, 0.2) is 11.5 Å². The molecule has 0 N–H and O–H groups in total. The molecule has 0 atom stereocenters. The first-order valence-electron chi connectivity index (χ1n) is 7.46. The minimum atomic E-state index is -0.311. The number of ether oxygens (including phenoxy) is 3. The number of cyclic esters (lactones) is 1. The highest BCUT2D eigenvalue weighted by molar-refractivity contribution is 9.10. The smallest absolute Gasteiger partial charge is 0.339 e. The number of hydrogen-bond donors (Lipinski definition) is 0. The fourth-order valence-corrected chi connectivity index (χ4v) is 2.93. The molecule has 120 valence electrons. The van der Waals surface area contributed by atoms with Crippen LogP contribution in [0.5, 0.6) is 11.5 Å². The Labute approximate surface area is 147 Å². The van der Waals surface area contributed by atoms with Crippen molar-refractivity contribution < 1.29 is 19.0 Å². The number of allylic oxidation sites excluding steroid dienone is 1. The van der Waals surface area contributed by atoms with Crippen molar-refractivity contribution in [1.82, 2.24) is 0 Å². The molecule has 2 aliphatic heterocycles. The lowest BCUT2D eigenvalue weighted by Gasteiger charge is -2.02. The normalized spacial score (nSPS) is 17.1. The van der Waals surface area contributed by atoms with Crippen LogP contribution < -0.4 is 9.47 Å². The Morgan fingerprint density at radius 3 is 2.75 bits per heavy atom. The molecular formula is C19H13BrO4. The SMILES string of the molecule is O=C1O/C(=C\c2cccc3c2OCO3)C=C1Cc1ccc(Br)cc1. The van der Waals surface area contributed by atoms with Crippen molar-refractivity contribution in [1.29, 1.82) is 0 Å². The van der Waals surface area contributed by atoms with Crippen molar-refractivity contribution in [3.05, 3.63) is 75.5 Å². The number of fused-ring (bicyclic) bond motifs is 1. The van der Waals surface area contributed by atoms with E-state index < -0.39 is 0 Å². The Morgan fingerprint density at radius 1 is 1.08 bits per heavy atom. The van der Waals surface area contributed by atoms with Gasteiger partial charge in [0.2, 0.25) is 6.79 Å². The third-order valence-corrected chi connectivity index (χ3v) is 4.35. The molecule has 0 amide bonds. The first-order valence-corrected chi connectivity index (χ1v) is 8.26. The lowest BCUT2D eigenvalue weighted by molar-refractivity contribution is -0.133. The van der Waals surface area contributed by atoms with Crippen molar-refractivity contribution in [3.63, 3.8) is 0 Å². The monoisotopic (exact) mass is 384 g/mol. The number of carbonyl (C=O) groups is 1. The van der Waals surface area contributed by atoms with E-state index in [-0.39, 0.29) is 12.8 Å². The summed E-state index contributed by atoms with van der Waals surface area (Å²) in [6.07, 6.45) is 4.11. The van der Waals surface area contributed by atoms with Gasteiger partial charge >= 0.3 is 5.97 Å². The minimum Gasteiger partial charge on any atom is -0.454 e. The third-order valence-electron chi connectivity index (χ3n) is 3.82. The van der Waals surface area contributed by atoms with E-state index in [9.17, 15) is 4.79 Å². The summed E-state index contributed by atoms with van der Waals surface area (Å²) in [5, 5.41) is 0. The van der Waals surface area contributed by atoms with Gasteiger partial charge in [0.25, 0.3) is 0 Å². The summed E-state index contributed by atoms with van der Waals surface area (Å²) in [5.74, 6) is 1.58. The van der Waals surface area contributed by atoms with Gasteiger partial charge in [0, 0.05) is 22.0 Å². The van der Waals surface area contributed by atoms with Crippen LogP contribution in [0.1, 0.15) is 11.1 Å². The van der Waals surface area contributed by atoms with Crippen LogP contribution in [0.25, 0.3) is 6.08 Å². The maximum Gasteiger partial charge on any atom is 0.339 e. The molecule has 0 unspecified atom stereocenters. The lowest BCUT2D eigenvalue weighted by atomic mass is 10.1. The second-order valence-electron chi connectivity index (χ2n) is 5.49. The van der Waals surface area contributed by atoms with E-state index in [1.54, 1.807) is 12.2 Å². The number of benzene rings is 2. The molecule has 5 heteroatoms. The van der Waals surface area contributed by atoms with Gasteiger partial charge in [-0.1, -0.05) is 40.2 Å². The summed E-state index contributed by atoms with van der Waals surface area (Å²) >= 11 is 3.40. The average Bonchev–Trinajstić information content (AvgIpc) is 3.17. The van der Waals surface area contributed by atoms with Crippen molar-refractivity contribution in [2.24, 2.45) is 0 Å². The molecule has 0 aliphatic carbocycles. The Kier molecular flexibility index (Phi) is 3.86. The molecule has 0 saturated heterocycles. The first kappa shape index (κ1) is 15.0. The Balaban J connectivity index is 1.59. The highest BCUT2D eigenvalue weighted by Crippen LogP contribution is 2.37. The topological polar surface area (TPSA) is 44.8 Å². The summed E-state index contributed by atoms with van der Waals surface area (Å²) in [6.45, 7) is 0.208. The minimum absolute atomic E-state index is 0.208. The fourth-order valence-electron chi connectivity index (χ4n) is 2.67. The lowest BCUT2D eigenvalue weighted by Crippen LogP contribution is -2.01. The Hall–Kier alpha value is -2.53. The highest BCUT2D eigenvalue weighted by atomic mass is 79.9. The zero-order chi connectivity index (χ0) is 16.5. The molecule has 2 aromatic carbocycles. The van der Waals surface area contributed by atoms with Crippen LogP contribution in [0, 0.1) is 0 Å². The fraction of sp³-hybridized carbons (Fsp3) is 0.105. The van der Waals surface area contributed by atoms with Gasteiger partial charge in [0.1, 0.15) is 5.76 Å². The predicted octanol–water partition coefficient (Wildman–Crippen LogP) is 4.24. The first-order chi connectivity index (χ1) is 11.7. The maximum absolute atomic E-state index is 12.1. The van der Waals surface area contributed by atoms with Crippen LogP contribution in [0.3, 0.4) is 0 Å². The summed E-state index contributed by atoms with van der Waals surface area (Å²) < 4.78 is 17.2. The summed E-state index contributed by atoms with van der Waals surface area (Å²) in [4.78, 5) is 12.1. The second-order valence-corrected chi connectivity index (χ2v) is 6.41. The van der Waals surface area contributed by atoms with E-state index in [0.29, 0.717) is 29.3 Å². The van der Waals surface area contributed by atoms with E-state index in [1.807, 2.05) is 42.5 Å². The quantitative estimate of drug-likeness (QED) is 0.742. The number of para-hydroxylation sites is 1. The molecule has 0 bridgehead atoms. The van der Waals surface area contributed by atoms with Crippen LogP contribution in [0.4, 0.5) is 0 Å². The summed E-state index contributed by atoms with van der Waals surface area (Å²) in [5.41, 5.74) is 2.52. The van der Waals surface area contributed by atoms with Gasteiger partial charge < -0.3 is 14.2 Å². The van der Waals surface area contributed by atoms with Gasteiger partial charge in [-0.15, -0.1) is 0 Å². The molecule has 2 heterocycles. The molecule has 2 aromatic rings. The zero-order valence-corrected chi connectivity index (χ0v) is 14.2. The van der Waals surface area contributed by atoms with Gasteiger partial charge in [0.05, 0.1) is 0 Å². The van der Waals surface area contributed by atoms with E-state index in [1.165, 1.54) is 0 Å². The van der Waals surface area contributed by atoms with Gasteiger partial charge in [-0.25, -0.2) is 4.79 Å². The summed E-state index contributed by atoms with van der Waals surface area (Å²) in [7, 11) is 0. The Morgan fingerprint density at radius 2 is 1.92 bits per heavy atom. The van der Waals surface area contributed by atoms with Gasteiger partial charge in [-0.2, -0.15) is 0 Å². The van der Waals surface area contributed by atoms with Crippen molar-refractivity contribution >= 4 is 28.0 Å². The van der Waals surface area contributed by atoms with Gasteiger partial charge in [-0.05, 0) is 35.9 Å². The van der Waals surface area contributed by atoms with Crippen LogP contribution in [-0.2, 0) is 16.0 Å². The molecule has 0 saturated carbocycles. The molecular weight excluding hydrogens is 372 g/mol. The van der Waals surface area contributed by atoms with Crippen LogP contribution >= 0.6 is 15.9 Å². The molecule has 2 aliphatic rings. The number of esters is 1. The van der Waals surface area contributed by atoms with Gasteiger partial charge in [-0.3, -0.25) is 0 Å². The van der Waals surface area contributed by atoms with Crippen LogP contribution in [0.15, 0.2) is 64.3 Å². The molecule has 4 rings (SSSR count). The molecule has 0 spiro atoms. The summed E-state index contributed by atoms with van der Waals surface area (Å²) in [6, 6.07) is 13.5. The highest BCUT2D eigenvalue weighted by Gasteiger charge is 2.23. The molecule has 24 heavy (non-hydrogen) atoms. The third kappa shape index (κ3) is 2.95. The number of halogens is 1. The van der Waals surface area contributed by atoms with Crippen molar-refractivity contribution in [2.45, 2.75) is 6.42 Å². The Bertz CT molecular complexity index is 865. The largest absolute Gasteiger partial charge is 0.454 e. The number of rotatable bonds is 3. The van der Waals surface area contributed by atoms with Crippen LogP contribution in [0.2, 0.25) is 0 Å². The standard InChI is InChI=1S/C19H13BrO4/c20-15-6-4-12(5-7-15)8-14-10-16(24-19(14)21)9-13-2-1-3-17-18(13)23-11-22-17/h1-7,9-10H,8,11H2/b16-9-. The van der Waals surface area contributed by atoms with Crippen molar-refractivity contribution in [2.75, 3.05) is 6.79 Å². The molecule has 0 fully saturated rings. The average molecular weight is 385 g/mol. The van der Waals surface area contributed by atoms with E-state index in [4.69, 9.17) is 14.2 Å². The van der Waals surface area contributed by atoms with Crippen molar-refractivity contribution in [3.8, 4) is 11.5 Å². The maximum atomic E-state index is 12.1. The zero-order valence-electron chi connectivity index (χ0n) is 12.6. The van der Waals surface area contributed by atoms with E-state index >= 15 is 0 Å². The second kappa shape index (κ2) is 6.17. The predicted molar refractivity (Wildman–Crippen MR) is 92.6 cm³/mol. The molecule has 0 radical (unpaired) electrons. The number of carbonyl (C=O) groups excluding carboxylic acids is 1. The molecule has 4 nitrogen and oxygen atoms in total. The van der Waals surface area contributed by atoms with E-state index in [0.717, 1.165) is 15.6 Å². The van der Waals surface area contributed by atoms with Crippen LogP contribution in [-0.4, -0.2) is 12.8 Å². The van der Waals surface area contributed by atoms with E-state index in [2.05, 4.69) is 15.9 Å². The molecule has 0 aromatic heterocycles. The number of hydrogen-bond acceptors (Lipinski definition) is 4.